The van der Waals surface area contributed by atoms with Crippen LogP contribution in [-0.4, -0.2) is 62.4 Å². The molecule has 1 saturated heterocycles. The van der Waals surface area contributed by atoms with Crippen LogP contribution in [-0.2, 0) is 9.52 Å². The summed E-state index contributed by atoms with van der Waals surface area (Å²) in [5.41, 5.74) is 4.28. The number of hydrogen-bond acceptors (Lipinski definition) is 7. The summed E-state index contributed by atoms with van der Waals surface area (Å²) < 4.78 is 13.2. The standard InChI is InChI=1S/C19H23N5OS2/c1-14(15-4-5-18-17(10-15)22-13-26-18)23-6-8-24(9-7-23)19-20-11-16(12-21-19)27(2,3)25/h4-5,10-14H,2,6-9H2,1,3H3/t14-,27?/m1/s1. The maximum absolute atomic E-state index is 12.0. The molecule has 0 amide bonds. The van der Waals surface area contributed by atoms with Crippen molar-refractivity contribution in [3.05, 3.63) is 41.7 Å². The van der Waals surface area contributed by atoms with Gasteiger partial charge in [-0.2, -0.15) is 0 Å². The van der Waals surface area contributed by atoms with Gasteiger partial charge in [0.25, 0.3) is 0 Å². The first-order valence-corrected chi connectivity index (χ1v) is 11.9. The van der Waals surface area contributed by atoms with Gasteiger partial charge in [-0.1, -0.05) is 6.07 Å². The largest absolute Gasteiger partial charge is 0.338 e. The minimum atomic E-state index is -2.27. The molecular weight excluding hydrogens is 378 g/mol. The Morgan fingerprint density at radius 2 is 1.85 bits per heavy atom. The Labute approximate surface area is 163 Å². The average Bonchev–Trinajstić information content (AvgIpc) is 3.15. The lowest BCUT2D eigenvalue weighted by Gasteiger charge is -2.38. The molecule has 1 aliphatic heterocycles. The Hall–Kier alpha value is -2.03. The molecule has 2 atom stereocenters. The van der Waals surface area contributed by atoms with E-state index in [1.54, 1.807) is 30.0 Å². The van der Waals surface area contributed by atoms with Gasteiger partial charge in [0.05, 0.1) is 20.6 Å². The number of rotatable bonds is 4. The number of benzene rings is 1. The fourth-order valence-electron chi connectivity index (χ4n) is 3.35. The van der Waals surface area contributed by atoms with E-state index in [2.05, 4.69) is 55.7 Å². The molecule has 3 heterocycles. The molecule has 27 heavy (non-hydrogen) atoms. The van der Waals surface area contributed by atoms with Crippen LogP contribution in [0.3, 0.4) is 0 Å². The number of thiazole rings is 1. The monoisotopic (exact) mass is 401 g/mol. The van der Waals surface area contributed by atoms with Crippen LogP contribution in [0.25, 0.3) is 10.2 Å². The van der Waals surface area contributed by atoms with Gasteiger partial charge in [-0.15, -0.1) is 11.3 Å². The lowest BCUT2D eigenvalue weighted by molar-refractivity contribution is 0.198. The molecule has 3 aromatic rings. The van der Waals surface area contributed by atoms with Gasteiger partial charge in [0.2, 0.25) is 5.95 Å². The molecule has 1 aliphatic rings. The van der Waals surface area contributed by atoms with E-state index in [1.165, 1.54) is 10.3 Å². The maximum Gasteiger partial charge on any atom is 0.225 e. The van der Waals surface area contributed by atoms with Crippen molar-refractivity contribution < 1.29 is 4.21 Å². The average molecular weight is 402 g/mol. The Balaban J connectivity index is 1.42. The zero-order chi connectivity index (χ0) is 19.0. The van der Waals surface area contributed by atoms with Crippen LogP contribution in [0.15, 0.2) is 41.0 Å². The van der Waals surface area contributed by atoms with Crippen LogP contribution in [0.2, 0.25) is 0 Å². The van der Waals surface area contributed by atoms with Gasteiger partial charge in [-0.05, 0) is 40.0 Å². The summed E-state index contributed by atoms with van der Waals surface area (Å²) >= 11 is 1.68. The summed E-state index contributed by atoms with van der Waals surface area (Å²) in [6.45, 7) is 5.88. The van der Waals surface area contributed by atoms with Crippen molar-refractivity contribution in [2.24, 2.45) is 0 Å². The summed E-state index contributed by atoms with van der Waals surface area (Å²) in [7, 11) is -2.27. The number of anilines is 1. The molecule has 0 radical (unpaired) electrons. The Morgan fingerprint density at radius 3 is 2.52 bits per heavy atom. The van der Waals surface area contributed by atoms with Crippen LogP contribution in [0.5, 0.6) is 0 Å². The number of hydrogen-bond donors (Lipinski definition) is 0. The minimum absolute atomic E-state index is 0.345. The van der Waals surface area contributed by atoms with E-state index >= 15 is 0 Å². The van der Waals surface area contributed by atoms with Gasteiger partial charge in [0.15, 0.2) is 0 Å². The predicted molar refractivity (Wildman–Crippen MR) is 113 cm³/mol. The molecule has 1 fully saturated rings. The lowest BCUT2D eigenvalue weighted by atomic mass is 10.1. The summed E-state index contributed by atoms with van der Waals surface area (Å²) in [4.78, 5) is 18.5. The van der Waals surface area contributed by atoms with Crippen molar-refractivity contribution in [3.8, 4) is 0 Å². The third-order valence-electron chi connectivity index (χ3n) is 5.09. The second kappa shape index (κ2) is 7.18. The molecule has 1 aromatic carbocycles. The molecule has 0 N–H and O–H groups in total. The highest BCUT2D eigenvalue weighted by atomic mass is 32.2. The number of nitrogens with zero attached hydrogens (tertiary/aromatic N) is 5. The van der Waals surface area contributed by atoms with Crippen molar-refractivity contribution in [2.75, 3.05) is 37.3 Å². The van der Waals surface area contributed by atoms with E-state index < -0.39 is 9.52 Å². The van der Waals surface area contributed by atoms with E-state index in [-0.39, 0.29) is 0 Å². The molecule has 1 unspecified atom stereocenters. The number of piperazine rings is 1. The molecule has 8 heteroatoms. The van der Waals surface area contributed by atoms with Gasteiger partial charge in [-0.25, -0.2) is 15.0 Å². The maximum atomic E-state index is 12.0. The van der Waals surface area contributed by atoms with Crippen LogP contribution in [0.1, 0.15) is 18.5 Å². The number of fused-ring (bicyclic) bond motifs is 1. The van der Waals surface area contributed by atoms with Gasteiger partial charge < -0.3 is 4.90 Å². The van der Waals surface area contributed by atoms with E-state index in [0.29, 0.717) is 16.9 Å². The fourth-order valence-corrected chi connectivity index (χ4v) is 4.56. The highest BCUT2D eigenvalue weighted by Gasteiger charge is 2.23. The first kappa shape index (κ1) is 18.3. The third-order valence-corrected chi connectivity index (χ3v) is 7.11. The normalized spacial score (nSPS) is 19.1. The molecule has 0 spiro atoms. The summed E-state index contributed by atoms with van der Waals surface area (Å²) in [6, 6.07) is 6.92. The molecule has 4 rings (SSSR count). The second-order valence-corrected chi connectivity index (χ2v) is 10.4. The molecule has 142 valence electrons. The smallest absolute Gasteiger partial charge is 0.225 e. The molecular formula is C19H23N5OS2. The van der Waals surface area contributed by atoms with Gasteiger partial charge in [0, 0.05) is 50.9 Å². The SMILES string of the molecule is C=S(C)(=O)c1cnc(N2CCN([C@H](C)c3ccc4scnc4c3)CC2)nc1. The topological polar surface area (TPSA) is 62.2 Å². The van der Waals surface area contributed by atoms with Crippen molar-refractivity contribution in [3.63, 3.8) is 0 Å². The molecule has 0 bridgehead atoms. The van der Waals surface area contributed by atoms with Crippen LogP contribution in [0, 0.1) is 0 Å². The second-order valence-electron chi connectivity index (χ2n) is 7.00. The molecule has 6 nitrogen and oxygen atoms in total. The third kappa shape index (κ3) is 3.83. The van der Waals surface area contributed by atoms with Crippen molar-refractivity contribution in [1.29, 1.82) is 0 Å². The van der Waals surface area contributed by atoms with Gasteiger partial charge in [-0.3, -0.25) is 9.11 Å². The Kier molecular flexibility index (Phi) is 4.88. The first-order valence-electron chi connectivity index (χ1n) is 8.88. The minimum Gasteiger partial charge on any atom is -0.338 e. The highest BCUT2D eigenvalue weighted by Crippen LogP contribution is 2.27. The number of aromatic nitrogens is 3. The Morgan fingerprint density at radius 1 is 1.15 bits per heavy atom. The zero-order valence-corrected chi connectivity index (χ0v) is 17.2. The van der Waals surface area contributed by atoms with Crippen molar-refractivity contribution in [1.82, 2.24) is 19.9 Å². The summed E-state index contributed by atoms with van der Waals surface area (Å²) in [5.74, 6) is 4.37. The van der Waals surface area contributed by atoms with Crippen LogP contribution < -0.4 is 4.90 Å². The van der Waals surface area contributed by atoms with E-state index in [1.807, 2.05) is 5.51 Å². The predicted octanol–water partition coefficient (Wildman–Crippen LogP) is 2.67. The molecule has 2 aromatic heterocycles. The van der Waals surface area contributed by atoms with E-state index in [4.69, 9.17) is 0 Å². The van der Waals surface area contributed by atoms with Gasteiger partial charge >= 0.3 is 0 Å². The van der Waals surface area contributed by atoms with Crippen molar-refractivity contribution in [2.45, 2.75) is 17.9 Å². The van der Waals surface area contributed by atoms with Crippen molar-refractivity contribution >= 4 is 42.9 Å². The fraction of sp³-hybridized carbons (Fsp3) is 0.368. The zero-order valence-electron chi connectivity index (χ0n) is 15.5. The van der Waals surface area contributed by atoms with E-state index in [9.17, 15) is 4.21 Å². The Bertz CT molecular complexity index is 1040. The highest BCUT2D eigenvalue weighted by molar-refractivity contribution is 7.99. The molecule has 0 saturated carbocycles. The summed E-state index contributed by atoms with van der Waals surface area (Å²) in [5, 5.41) is 0. The van der Waals surface area contributed by atoms with Crippen LogP contribution in [0.4, 0.5) is 5.95 Å². The van der Waals surface area contributed by atoms with Gasteiger partial charge in [0.1, 0.15) is 0 Å². The molecule has 0 aliphatic carbocycles. The van der Waals surface area contributed by atoms with E-state index in [0.717, 1.165) is 31.7 Å². The first-order chi connectivity index (χ1) is 12.9. The summed E-state index contributed by atoms with van der Waals surface area (Å²) in [6.07, 6.45) is 4.87. The van der Waals surface area contributed by atoms with Crippen LogP contribution >= 0.6 is 11.3 Å². The quantitative estimate of drug-likeness (QED) is 0.627. The lowest BCUT2D eigenvalue weighted by Crippen LogP contribution is -2.47.